The molecule has 32 heavy (non-hydrogen) atoms. The van der Waals surface area contributed by atoms with Crippen molar-refractivity contribution >= 4 is 17.9 Å². The molecule has 2 aromatic carbocycles. The fraction of sp³-hybridized carbons (Fsp3) is 0.318. The summed E-state index contributed by atoms with van der Waals surface area (Å²) in [6.45, 7) is 0.628. The zero-order valence-electron chi connectivity index (χ0n) is 17.1. The van der Waals surface area contributed by atoms with Crippen LogP contribution in [0.5, 0.6) is 23.0 Å². The molecule has 10 heteroatoms. The second kappa shape index (κ2) is 11.0. The van der Waals surface area contributed by atoms with Crippen LogP contribution in [0.1, 0.15) is 46.4 Å². The second-order valence-electron chi connectivity index (χ2n) is 7.37. The van der Waals surface area contributed by atoms with E-state index in [0.29, 0.717) is 25.3 Å². The Morgan fingerprint density at radius 3 is 1.88 bits per heavy atom. The molecule has 1 aliphatic rings. The minimum atomic E-state index is -1.27. The largest absolute Gasteiger partial charge is 0.508 e. The topological polar surface area (TPSA) is 188 Å². The first-order chi connectivity index (χ1) is 15.1. The quantitative estimate of drug-likeness (QED) is 0.226. The fourth-order valence-electron chi connectivity index (χ4n) is 3.29. The summed E-state index contributed by atoms with van der Waals surface area (Å²) in [5, 5.41) is 44.5. The highest BCUT2D eigenvalue weighted by Crippen LogP contribution is 2.31. The first-order valence-corrected chi connectivity index (χ1v) is 9.85. The lowest BCUT2D eigenvalue weighted by Gasteiger charge is -2.26. The number of carboxylic acid groups (broad SMARTS) is 2. The van der Waals surface area contributed by atoms with Gasteiger partial charge in [-0.3, -0.25) is 4.79 Å². The van der Waals surface area contributed by atoms with Gasteiger partial charge in [-0.25, -0.2) is 9.59 Å². The summed E-state index contributed by atoms with van der Waals surface area (Å²) in [7, 11) is 0. The molecule has 10 nitrogen and oxygen atoms in total. The molecule has 2 aromatic rings. The predicted octanol–water partition coefficient (Wildman–Crippen LogP) is 2.56. The lowest BCUT2D eigenvalue weighted by atomic mass is 9.82. The molecule has 7 N–H and O–H groups in total. The number of rotatable bonds is 5. The van der Waals surface area contributed by atoms with Crippen molar-refractivity contribution in [2.75, 3.05) is 6.54 Å². The molecule has 0 heterocycles. The van der Waals surface area contributed by atoms with E-state index in [4.69, 9.17) is 30.9 Å². The van der Waals surface area contributed by atoms with E-state index in [-0.39, 0.29) is 40.0 Å². The van der Waals surface area contributed by atoms with Gasteiger partial charge in [0.2, 0.25) is 0 Å². The van der Waals surface area contributed by atoms with Crippen molar-refractivity contribution in [1.29, 1.82) is 0 Å². The molecular formula is C22H25NO9. The summed E-state index contributed by atoms with van der Waals surface area (Å²) in [5.41, 5.74) is 5.09. The van der Waals surface area contributed by atoms with Crippen LogP contribution in [0.15, 0.2) is 36.4 Å². The van der Waals surface area contributed by atoms with Gasteiger partial charge in [-0.1, -0.05) is 0 Å². The molecule has 1 aliphatic carbocycles. The smallest absolute Gasteiger partial charge is 0.339 e. The third-order valence-corrected chi connectivity index (χ3v) is 5.13. The van der Waals surface area contributed by atoms with Gasteiger partial charge in [0.05, 0.1) is 5.92 Å². The summed E-state index contributed by atoms with van der Waals surface area (Å²) in [5.74, 6) is -3.45. The highest BCUT2D eigenvalue weighted by atomic mass is 16.5. The van der Waals surface area contributed by atoms with Gasteiger partial charge in [0.15, 0.2) is 0 Å². The van der Waals surface area contributed by atoms with Crippen molar-refractivity contribution in [1.82, 2.24) is 0 Å². The summed E-state index contributed by atoms with van der Waals surface area (Å²) >= 11 is 0. The summed E-state index contributed by atoms with van der Waals surface area (Å²) in [6.07, 6.45) is 3.19. The number of hydrogen-bond donors (Lipinski definition) is 6. The Hall–Kier alpha value is -3.79. The SMILES string of the molecule is NCC1CCC(C(=O)Oc2ccc(O)cc2C(=O)O)CC1.O=C(O)c1cc(O)ccc1O. The lowest BCUT2D eigenvalue weighted by Crippen LogP contribution is -2.28. The standard InChI is InChI=1S/C15H19NO5.C7H6O4/c16-8-9-1-3-10(4-2-9)15(20)21-13-6-5-11(17)7-12(13)14(18)19;8-4-1-2-6(9)5(3-4)7(10)11/h5-7,9-10,17H,1-4,8,16H2,(H,18,19);1-3,8-9H,(H,10,11). The van der Waals surface area contributed by atoms with Gasteiger partial charge in [0.25, 0.3) is 0 Å². The predicted molar refractivity (Wildman–Crippen MR) is 112 cm³/mol. The van der Waals surface area contributed by atoms with E-state index in [1.54, 1.807) is 0 Å². The number of aromatic hydroxyl groups is 3. The third kappa shape index (κ3) is 6.61. The molecule has 0 bridgehead atoms. The molecule has 1 saturated carbocycles. The monoisotopic (exact) mass is 447 g/mol. The molecule has 0 radical (unpaired) electrons. The van der Waals surface area contributed by atoms with Crippen LogP contribution in [0.3, 0.4) is 0 Å². The zero-order valence-corrected chi connectivity index (χ0v) is 17.1. The molecule has 0 unspecified atom stereocenters. The van der Waals surface area contributed by atoms with E-state index >= 15 is 0 Å². The first-order valence-electron chi connectivity index (χ1n) is 9.85. The molecule has 1 fully saturated rings. The second-order valence-corrected chi connectivity index (χ2v) is 7.37. The molecule has 172 valence electrons. The van der Waals surface area contributed by atoms with Crippen molar-refractivity contribution in [3.8, 4) is 23.0 Å². The van der Waals surface area contributed by atoms with E-state index in [9.17, 15) is 19.5 Å². The third-order valence-electron chi connectivity index (χ3n) is 5.13. The Morgan fingerprint density at radius 2 is 1.38 bits per heavy atom. The number of carboxylic acids is 2. The van der Waals surface area contributed by atoms with Gasteiger partial charge in [0.1, 0.15) is 34.1 Å². The Balaban J connectivity index is 0.000000278. The number of phenolic OH excluding ortho intramolecular Hbond substituents is 2. The van der Waals surface area contributed by atoms with Gasteiger partial charge >= 0.3 is 17.9 Å². The summed E-state index contributed by atoms with van der Waals surface area (Å²) in [6, 6.07) is 6.97. The highest BCUT2D eigenvalue weighted by Gasteiger charge is 2.28. The van der Waals surface area contributed by atoms with Crippen LogP contribution in [0.2, 0.25) is 0 Å². The van der Waals surface area contributed by atoms with Crippen molar-refractivity contribution in [2.24, 2.45) is 17.6 Å². The molecule has 0 atom stereocenters. The molecule has 0 spiro atoms. The van der Waals surface area contributed by atoms with Crippen molar-refractivity contribution in [3.05, 3.63) is 47.5 Å². The van der Waals surface area contributed by atoms with Crippen LogP contribution in [-0.2, 0) is 4.79 Å². The average Bonchev–Trinajstić information content (AvgIpc) is 2.76. The van der Waals surface area contributed by atoms with Crippen LogP contribution in [0.4, 0.5) is 0 Å². The van der Waals surface area contributed by atoms with Crippen LogP contribution < -0.4 is 10.5 Å². The zero-order chi connectivity index (χ0) is 23.8. The maximum absolute atomic E-state index is 12.1. The molecule has 0 saturated heterocycles. The van der Waals surface area contributed by atoms with E-state index in [2.05, 4.69) is 0 Å². The van der Waals surface area contributed by atoms with Crippen molar-refractivity contribution in [3.63, 3.8) is 0 Å². The normalized spacial score (nSPS) is 17.5. The number of hydrogen-bond acceptors (Lipinski definition) is 8. The molecule has 0 amide bonds. The van der Waals surface area contributed by atoms with Gasteiger partial charge in [-0.2, -0.15) is 0 Å². The van der Waals surface area contributed by atoms with Crippen LogP contribution in [0.25, 0.3) is 0 Å². The number of aromatic carboxylic acids is 2. The molecule has 0 aliphatic heterocycles. The number of phenols is 3. The van der Waals surface area contributed by atoms with Gasteiger partial charge in [0, 0.05) is 0 Å². The minimum absolute atomic E-state index is 0.0359. The van der Waals surface area contributed by atoms with Gasteiger partial charge in [-0.15, -0.1) is 0 Å². The Labute approximate surface area is 183 Å². The maximum atomic E-state index is 12.1. The molecular weight excluding hydrogens is 422 g/mol. The first kappa shape index (κ1) is 24.5. The Morgan fingerprint density at radius 1 is 0.844 bits per heavy atom. The highest BCUT2D eigenvalue weighted by molar-refractivity contribution is 5.92. The molecule has 0 aromatic heterocycles. The van der Waals surface area contributed by atoms with E-state index in [1.165, 1.54) is 18.2 Å². The summed E-state index contributed by atoms with van der Waals surface area (Å²) in [4.78, 5) is 33.5. The summed E-state index contributed by atoms with van der Waals surface area (Å²) < 4.78 is 5.21. The number of ether oxygens (including phenoxy) is 1. The Kier molecular flexibility index (Phi) is 8.42. The lowest BCUT2D eigenvalue weighted by molar-refractivity contribution is -0.140. The number of benzene rings is 2. The van der Waals surface area contributed by atoms with Gasteiger partial charge in [-0.05, 0) is 74.5 Å². The van der Waals surface area contributed by atoms with E-state index < -0.39 is 17.9 Å². The van der Waals surface area contributed by atoms with Crippen molar-refractivity contribution < 1.29 is 44.7 Å². The van der Waals surface area contributed by atoms with Crippen molar-refractivity contribution in [2.45, 2.75) is 25.7 Å². The molecule has 3 rings (SSSR count). The van der Waals surface area contributed by atoms with Crippen LogP contribution in [0, 0.1) is 11.8 Å². The maximum Gasteiger partial charge on any atom is 0.339 e. The Bertz CT molecular complexity index is 981. The minimum Gasteiger partial charge on any atom is -0.508 e. The number of carbonyl (C=O) groups excluding carboxylic acids is 1. The van der Waals surface area contributed by atoms with Gasteiger partial charge < -0.3 is 36.0 Å². The fourth-order valence-corrected chi connectivity index (χ4v) is 3.29. The van der Waals surface area contributed by atoms with Crippen LogP contribution >= 0.6 is 0 Å². The van der Waals surface area contributed by atoms with E-state index in [1.807, 2.05) is 0 Å². The number of carbonyl (C=O) groups is 3. The number of nitrogens with two attached hydrogens (primary N) is 1. The number of esters is 1. The van der Waals surface area contributed by atoms with E-state index in [0.717, 1.165) is 31.0 Å². The van der Waals surface area contributed by atoms with Crippen LogP contribution in [-0.4, -0.2) is 50.0 Å². The average molecular weight is 447 g/mol.